The van der Waals surface area contributed by atoms with E-state index in [0.29, 0.717) is 11.4 Å². The minimum atomic E-state index is -0.392. The Bertz CT molecular complexity index is 860. The van der Waals surface area contributed by atoms with E-state index in [0.717, 1.165) is 10.1 Å². The van der Waals surface area contributed by atoms with Crippen molar-refractivity contribution < 1.29 is 4.84 Å². The zero-order valence-corrected chi connectivity index (χ0v) is 14.0. The Kier molecular flexibility index (Phi) is 3.44. The Balaban J connectivity index is 2.33. The van der Waals surface area contributed by atoms with E-state index in [2.05, 4.69) is 0 Å². The van der Waals surface area contributed by atoms with Crippen molar-refractivity contribution in [2.75, 3.05) is 0 Å². The van der Waals surface area contributed by atoms with E-state index in [1.54, 1.807) is 12.1 Å². The number of nitrogens with zero attached hydrogens (tertiary/aromatic N) is 3. The Hall–Kier alpha value is -2.34. The quantitative estimate of drug-likeness (QED) is 0.802. The summed E-state index contributed by atoms with van der Waals surface area (Å²) in [6.45, 7) is 6.03. The van der Waals surface area contributed by atoms with Crippen LogP contribution < -0.4 is 16.1 Å². The van der Waals surface area contributed by atoms with Crippen molar-refractivity contribution >= 4 is 0 Å². The molecule has 0 spiro atoms. The highest BCUT2D eigenvalue weighted by molar-refractivity contribution is 5.39. The van der Waals surface area contributed by atoms with Gasteiger partial charge in [0, 0.05) is 19.6 Å². The molecule has 0 amide bonds. The lowest BCUT2D eigenvalue weighted by atomic mass is 9.97. The van der Waals surface area contributed by atoms with Crippen molar-refractivity contribution in [3.63, 3.8) is 0 Å². The average molecular weight is 315 g/mol. The molecule has 0 fully saturated rings. The first-order valence-corrected chi connectivity index (χ1v) is 7.55. The van der Waals surface area contributed by atoms with Crippen molar-refractivity contribution in [3.05, 3.63) is 62.3 Å². The van der Waals surface area contributed by atoms with Crippen LogP contribution >= 0.6 is 0 Å². The van der Waals surface area contributed by atoms with Crippen LogP contribution in [-0.4, -0.2) is 19.7 Å². The van der Waals surface area contributed by atoms with E-state index in [9.17, 15) is 9.59 Å². The summed E-state index contributed by atoms with van der Waals surface area (Å²) in [7, 11) is 3.11. The molecule has 1 aromatic carbocycles. The van der Waals surface area contributed by atoms with Crippen LogP contribution in [0.3, 0.4) is 0 Å². The maximum atomic E-state index is 12.7. The highest BCUT2D eigenvalue weighted by Crippen LogP contribution is 2.42. The van der Waals surface area contributed by atoms with Crippen LogP contribution in [0.15, 0.2) is 39.9 Å². The van der Waals surface area contributed by atoms with Gasteiger partial charge in [0.2, 0.25) is 5.88 Å². The van der Waals surface area contributed by atoms with Crippen LogP contribution in [0.25, 0.3) is 0 Å². The van der Waals surface area contributed by atoms with Crippen molar-refractivity contribution in [1.29, 1.82) is 0 Å². The first-order chi connectivity index (χ1) is 10.7. The van der Waals surface area contributed by atoms with Crippen molar-refractivity contribution in [1.82, 2.24) is 14.2 Å². The van der Waals surface area contributed by atoms with Crippen molar-refractivity contribution in [3.8, 4) is 5.88 Å². The van der Waals surface area contributed by atoms with Gasteiger partial charge >= 0.3 is 5.69 Å². The van der Waals surface area contributed by atoms with E-state index in [-0.39, 0.29) is 17.1 Å². The maximum Gasteiger partial charge on any atom is 0.333 e. The molecule has 122 valence electrons. The van der Waals surface area contributed by atoms with Gasteiger partial charge in [-0.25, -0.2) is 4.79 Å². The van der Waals surface area contributed by atoms with Gasteiger partial charge in [-0.3, -0.25) is 13.9 Å². The predicted molar refractivity (Wildman–Crippen MR) is 87.4 cm³/mol. The number of fused-ring (bicyclic) bond motifs is 1. The zero-order valence-electron chi connectivity index (χ0n) is 14.0. The molecule has 6 heteroatoms. The van der Waals surface area contributed by atoms with Gasteiger partial charge in [0.1, 0.15) is 11.6 Å². The first-order valence-electron chi connectivity index (χ1n) is 7.55. The largest absolute Gasteiger partial charge is 0.385 e. The molecule has 6 nitrogen and oxygen atoms in total. The fourth-order valence-corrected chi connectivity index (χ4v) is 2.92. The molecule has 0 aliphatic carbocycles. The van der Waals surface area contributed by atoms with Gasteiger partial charge in [-0.2, -0.15) is 0 Å². The molecule has 3 rings (SSSR count). The topological polar surface area (TPSA) is 56.5 Å². The Morgan fingerprint density at radius 1 is 1.00 bits per heavy atom. The molecule has 1 aromatic heterocycles. The molecule has 1 aliphatic heterocycles. The number of rotatable bonds is 1. The lowest BCUT2D eigenvalue weighted by Gasteiger charge is -2.34. The van der Waals surface area contributed by atoms with Crippen LogP contribution in [0.5, 0.6) is 5.88 Å². The number of hydrogen-bond donors (Lipinski definition) is 0. The maximum absolute atomic E-state index is 12.7. The smallest absolute Gasteiger partial charge is 0.333 e. The number of hydroxylamine groups is 2. The molecule has 1 atom stereocenters. The van der Waals surface area contributed by atoms with Crippen LogP contribution in [-0.2, 0) is 14.1 Å². The standard InChI is InChI=1S/C17H21N3O3/c1-17(2,3)20-13(11-9-7-6-8-10-11)12-14(21)18(4)16(22)19(5)15(12)23-20/h6-10,13H,1-5H3. The molecule has 1 unspecified atom stereocenters. The van der Waals surface area contributed by atoms with Crippen LogP contribution in [0, 0.1) is 0 Å². The molecule has 2 aromatic rings. The SMILES string of the molecule is Cn1c2c(c(=O)n(C)c1=O)C(c1ccccc1)N(C(C)(C)C)O2. The van der Waals surface area contributed by atoms with E-state index < -0.39 is 5.69 Å². The summed E-state index contributed by atoms with van der Waals surface area (Å²) >= 11 is 0. The van der Waals surface area contributed by atoms with Gasteiger partial charge < -0.3 is 4.84 Å². The second-order valence-electron chi connectivity index (χ2n) is 6.83. The number of aromatic nitrogens is 2. The molecular formula is C17H21N3O3. The Labute approximate surface area is 134 Å². The summed E-state index contributed by atoms with van der Waals surface area (Å²) in [4.78, 5) is 30.9. The van der Waals surface area contributed by atoms with Crippen molar-refractivity contribution in [2.24, 2.45) is 14.1 Å². The molecule has 0 N–H and O–H groups in total. The number of hydrogen-bond acceptors (Lipinski definition) is 4. The van der Waals surface area contributed by atoms with Crippen LogP contribution in [0.4, 0.5) is 0 Å². The summed E-state index contributed by atoms with van der Waals surface area (Å²) < 4.78 is 2.52. The average Bonchev–Trinajstić information content (AvgIpc) is 2.92. The van der Waals surface area contributed by atoms with E-state index in [4.69, 9.17) is 4.84 Å². The van der Waals surface area contributed by atoms with Gasteiger partial charge in [0.15, 0.2) is 0 Å². The molecule has 0 saturated heterocycles. The van der Waals surface area contributed by atoms with E-state index in [1.165, 1.54) is 11.6 Å². The third kappa shape index (κ3) is 2.30. The minimum absolute atomic E-state index is 0.316. The lowest BCUT2D eigenvalue weighted by molar-refractivity contribution is -0.132. The highest BCUT2D eigenvalue weighted by atomic mass is 16.7. The Morgan fingerprint density at radius 2 is 1.61 bits per heavy atom. The molecule has 23 heavy (non-hydrogen) atoms. The predicted octanol–water partition coefficient (Wildman–Crippen LogP) is 1.58. The second-order valence-corrected chi connectivity index (χ2v) is 6.83. The molecule has 1 aliphatic rings. The summed E-state index contributed by atoms with van der Waals surface area (Å²) in [5.41, 5.74) is 0.397. The minimum Gasteiger partial charge on any atom is -0.385 e. The van der Waals surface area contributed by atoms with Crippen molar-refractivity contribution in [2.45, 2.75) is 32.4 Å². The fraction of sp³-hybridized carbons (Fsp3) is 0.412. The summed E-state index contributed by atoms with van der Waals surface area (Å²) in [5, 5.41) is 1.79. The summed E-state index contributed by atoms with van der Waals surface area (Å²) in [6, 6.07) is 9.37. The summed E-state index contributed by atoms with van der Waals surface area (Å²) in [6.07, 6.45) is 0. The lowest BCUT2D eigenvalue weighted by Crippen LogP contribution is -2.44. The fourth-order valence-electron chi connectivity index (χ4n) is 2.92. The van der Waals surface area contributed by atoms with Gasteiger partial charge in [-0.1, -0.05) is 30.3 Å². The highest BCUT2D eigenvalue weighted by Gasteiger charge is 2.44. The van der Waals surface area contributed by atoms with Gasteiger partial charge in [0.05, 0.1) is 0 Å². The van der Waals surface area contributed by atoms with Crippen LogP contribution in [0.2, 0.25) is 0 Å². The third-order valence-electron chi connectivity index (χ3n) is 4.11. The van der Waals surface area contributed by atoms with Crippen LogP contribution in [0.1, 0.15) is 37.9 Å². The molecule has 0 bridgehead atoms. The molecule has 2 heterocycles. The molecule has 0 saturated carbocycles. The van der Waals surface area contributed by atoms with Gasteiger partial charge in [-0.05, 0) is 26.3 Å². The second kappa shape index (κ2) is 5.09. The molecule has 0 radical (unpaired) electrons. The third-order valence-corrected chi connectivity index (χ3v) is 4.11. The Morgan fingerprint density at radius 3 is 2.17 bits per heavy atom. The number of benzene rings is 1. The summed E-state index contributed by atoms with van der Waals surface area (Å²) in [5.74, 6) is 0.321. The van der Waals surface area contributed by atoms with E-state index in [1.807, 2.05) is 51.1 Å². The zero-order chi connectivity index (χ0) is 16.9. The van der Waals surface area contributed by atoms with E-state index >= 15 is 0 Å². The van der Waals surface area contributed by atoms with Gasteiger partial charge in [-0.15, -0.1) is 5.06 Å². The van der Waals surface area contributed by atoms with Gasteiger partial charge in [0.25, 0.3) is 5.56 Å². The molecular weight excluding hydrogens is 294 g/mol. The first kappa shape index (κ1) is 15.6. The monoisotopic (exact) mass is 315 g/mol. The normalized spacial score (nSPS) is 17.9.